The maximum absolute atomic E-state index is 12.2. The van der Waals surface area contributed by atoms with Crippen LogP contribution in [0.15, 0.2) is 12.4 Å². The van der Waals surface area contributed by atoms with Crippen LogP contribution in [-0.4, -0.2) is 69.9 Å². The number of aryl methyl sites for hydroxylation is 1. The fourth-order valence-corrected chi connectivity index (χ4v) is 2.43. The van der Waals surface area contributed by atoms with Crippen molar-refractivity contribution in [2.75, 3.05) is 33.3 Å². The lowest BCUT2D eigenvalue weighted by Gasteiger charge is -2.39. The summed E-state index contributed by atoms with van der Waals surface area (Å²) in [7, 11) is 2.04. The highest BCUT2D eigenvalue weighted by molar-refractivity contribution is 5.76. The van der Waals surface area contributed by atoms with E-state index in [9.17, 15) is 4.79 Å². The fourth-order valence-electron chi connectivity index (χ4n) is 2.43. The molecule has 0 aromatic carbocycles. The Morgan fingerprint density at radius 2 is 2.32 bits per heavy atom. The molecule has 6 nitrogen and oxygen atoms in total. The summed E-state index contributed by atoms with van der Waals surface area (Å²) in [6, 6.07) is 0.252. The minimum atomic E-state index is 0.0964. The number of hydrogen-bond donors (Lipinski definition) is 1. The topological polar surface area (TPSA) is 61.6 Å². The lowest BCUT2D eigenvalue weighted by Crippen LogP contribution is -2.54. The third-order valence-electron chi connectivity index (χ3n) is 3.65. The molecule has 1 aromatic rings. The highest BCUT2D eigenvalue weighted by Gasteiger charge is 2.26. The van der Waals surface area contributed by atoms with E-state index >= 15 is 0 Å². The number of aliphatic hydroxyl groups is 1. The first-order valence-corrected chi connectivity index (χ1v) is 6.68. The predicted molar refractivity (Wildman–Crippen MR) is 71.7 cm³/mol. The maximum Gasteiger partial charge on any atom is 0.244 e. The third kappa shape index (κ3) is 3.54. The Labute approximate surface area is 113 Å². The van der Waals surface area contributed by atoms with E-state index in [-0.39, 0.29) is 18.6 Å². The molecule has 0 spiro atoms. The first-order chi connectivity index (χ1) is 9.10. The van der Waals surface area contributed by atoms with Crippen molar-refractivity contribution in [1.82, 2.24) is 19.6 Å². The van der Waals surface area contributed by atoms with E-state index in [1.54, 1.807) is 10.9 Å². The van der Waals surface area contributed by atoms with Crippen LogP contribution in [0.3, 0.4) is 0 Å². The van der Waals surface area contributed by atoms with Crippen molar-refractivity contribution in [2.24, 2.45) is 0 Å². The molecule has 1 atom stereocenters. The smallest absolute Gasteiger partial charge is 0.244 e. The van der Waals surface area contributed by atoms with Gasteiger partial charge < -0.3 is 10.0 Å². The van der Waals surface area contributed by atoms with E-state index in [4.69, 9.17) is 5.11 Å². The van der Waals surface area contributed by atoms with Crippen LogP contribution in [0.5, 0.6) is 0 Å². The van der Waals surface area contributed by atoms with E-state index in [0.717, 1.165) is 18.7 Å². The molecule has 106 valence electrons. The van der Waals surface area contributed by atoms with Gasteiger partial charge in [0.1, 0.15) is 6.54 Å². The number of likely N-dealkylation sites (N-methyl/N-ethyl adjacent to an activating group) is 1. The molecular weight excluding hydrogens is 244 g/mol. The van der Waals surface area contributed by atoms with Crippen LogP contribution in [0.4, 0.5) is 0 Å². The Hall–Kier alpha value is -1.40. The molecule has 1 saturated heterocycles. The van der Waals surface area contributed by atoms with Crippen LogP contribution < -0.4 is 0 Å². The van der Waals surface area contributed by atoms with Gasteiger partial charge in [-0.1, -0.05) is 0 Å². The zero-order valence-electron chi connectivity index (χ0n) is 11.6. The Kier molecular flexibility index (Phi) is 4.55. The van der Waals surface area contributed by atoms with Crippen molar-refractivity contribution < 1.29 is 9.90 Å². The summed E-state index contributed by atoms with van der Waals surface area (Å²) in [5.41, 5.74) is 1.06. The molecular formula is C13H22N4O2. The normalized spacial score (nSPS) is 20.8. The second-order valence-corrected chi connectivity index (χ2v) is 5.20. The summed E-state index contributed by atoms with van der Waals surface area (Å²) in [4.78, 5) is 16.3. The van der Waals surface area contributed by atoms with Gasteiger partial charge in [-0.15, -0.1) is 0 Å². The Morgan fingerprint density at radius 3 is 2.95 bits per heavy atom. The van der Waals surface area contributed by atoms with Crippen molar-refractivity contribution in [2.45, 2.75) is 25.9 Å². The molecule has 6 heteroatoms. The van der Waals surface area contributed by atoms with Crippen molar-refractivity contribution >= 4 is 5.91 Å². The van der Waals surface area contributed by atoms with E-state index in [1.807, 2.05) is 25.1 Å². The highest BCUT2D eigenvalue weighted by Crippen LogP contribution is 2.11. The molecule has 1 aliphatic heterocycles. The largest absolute Gasteiger partial charge is 0.396 e. The molecule has 0 aliphatic carbocycles. The van der Waals surface area contributed by atoms with Crippen LogP contribution >= 0.6 is 0 Å². The monoisotopic (exact) mass is 266 g/mol. The molecule has 2 rings (SSSR count). The van der Waals surface area contributed by atoms with Crippen LogP contribution in [0.1, 0.15) is 12.0 Å². The number of nitrogens with zero attached hydrogens (tertiary/aromatic N) is 4. The number of rotatable bonds is 4. The average Bonchev–Trinajstić information content (AvgIpc) is 2.77. The van der Waals surface area contributed by atoms with E-state index in [0.29, 0.717) is 19.5 Å². The Bertz CT molecular complexity index is 432. The number of aromatic nitrogens is 2. The van der Waals surface area contributed by atoms with Gasteiger partial charge in [-0.25, -0.2) is 0 Å². The van der Waals surface area contributed by atoms with Crippen molar-refractivity contribution in [3.63, 3.8) is 0 Å². The summed E-state index contributed by atoms with van der Waals surface area (Å²) in [6.07, 6.45) is 4.34. The first kappa shape index (κ1) is 14.0. The minimum absolute atomic E-state index is 0.0964. The Morgan fingerprint density at radius 1 is 1.53 bits per heavy atom. The summed E-state index contributed by atoms with van der Waals surface area (Å²) < 4.78 is 1.68. The van der Waals surface area contributed by atoms with Crippen LogP contribution in [-0.2, 0) is 11.3 Å². The molecule has 1 N–H and O–H groups in total. The van der Waals surface area contributed by atoms with E-state index in [2.05, 4.69) is 10.00 Å². The Balaban J connectivity index is 1.92. The van der Waals surface area contributed by atoms with Gasteiger partial charge in [0.15, 0.2) is 0 Å². The molecule has 1 unspecified atom stereocenters. The van der Waals surface area contributed by atoms with Gasteiger partial charge >= 0.3 is 0 Å². The first-order valence-electron chi connectivity index (χ1n) is 6.68. The lowest BCUT2D eigenvalue weighted by molar-refractivity contribution is -0.135. The van der Waals surface area contributed by atoms with Gasteiger partial charge in [0.25, 0.3) is 0 Å². The van der Waals surface area contributed by atoms with Gasteiger partial charge in [0, 0.05) is 38.5 Å². The third-order valence-corrected chi connectivity index (χ3v) is 3.65. The fraction of sp³-hybridized carbons (Fsp3) is 0.692. The van der Waals surface area contributed by atoms with Gasteiger partial charge in [0.05, 0.1) is 6.20 Å². The van der Waals surface area contributed by atoms with Crippen molar-refractivity contribution in [1.29, 1.82) is 0 Å². The van der Waals surface area contributed by atoms with Gasteiger partial charge in [0.2, 0.25) is 5.91 Å². The number of carbonyl (C=O) groups excluding carboxylic acids is 1. The second kappa shape index (κ2) is 6.16. The molecule has 1 aromatic heterocycles. The van der Waals surface area contributed by atoms with Crippen molar-refractivity contribution in [3.8, 4) is 0 Å². The number of piperazine rings is 1. The summed E-state index contributed by atoms with van der Waals surface area (Å²) in [5.74, 6) is 0.0964. The molecule has 0 radical (unpaired) electrons. The number of amides is 1. The summed E-state index contributed by atoms with van der Waals surface area (Å²) in [5, 5.41) is 13.2. The van der Waals surface area contributed by atoms with E-state index < -0.39 is 0 Å². The molecule has 19 heavy (non-hydrogen) atoms. The molecule has 1 aliphatic rings. The minimum Gasteiger partial charge on any atom is -0.396 e. The zero-order chi connectivity index (χ0) is 13.8. The van der Waals surface area contributed by atoms with Gasteiger partial charge in [-0.05, 0) is 26.0 Å². The number of carbonyl (C=O) groups is 1. The lowest BCUT2D eigenvalue weighted by atomic mass is 10.1. The van der Waals surface area contributed by atoms with Crippen LogP contribution in [0.25, 0.3) is 0 Å². The SMILES string of the molecule is Cc1cnn(CC(=O)N2CCN(C)C(CCO)C2)c1. The molecule has 0 saturated carbocycles. The molecule has 2 heterocycles. The predicted octanol–water partition coefficient (Wildman–Crippen LogP) is -0.283. The van der Waals surface area contributed by atoms with Crippen LogP contribution in [0.2, 0.25) is 0 Å². The van der Waals surface area contributed by atoms with Crippen molar-refractivity contribution in [3.05, 3.63) is 18.0 Å². The van der Waals surface area contributed by atoms with E-state index in [1.165, 1.54) is 0 Å². The molecule has 0 bridgehead atoms. The molecule has 1 amide bonds. The summed E-state index contributed by atoms with van der Waals surface area (Å²) in [6.45, 7) is 4.71. The standard InChI is InChI=1S/C13H22N4O2/c1-11-7-14-17(8-11)10-13(19)16-5-4-15(2)12(9-16)3-6-18/h7-8,12,18H,3-6,9-10H2,1-2H3. The zero-order valence-corrected chi connectivity index (χ0v) is 11.6. The highest BCUT2D eigenvalue weighted by atomic mass is 16.3. The maximum atomic E-state index is 12.2. The second-order valence-electron chi connectivity index (χ2n) is 5.20. The van der Waals surface area contributed by atoms with Crippen LogP contribution in [0, 0.1) is 6.92 Å². The van der Waals surface area contributed by atoms with Gasteiger partial charge in [-0.3, -0.25) is 14.4 Å². The molecule has 1 fully saturated rings. The summed E-state index contributed by atoms with van der Waals surface area (Å²) >= 11 is 0. The average molecular weight is 266 g/mol. The number of hydrogen-bond acceptors (Lipinski definition) is 4. The number of aliphatic hydroxyl groups excluding tert-OH is 1. The van der Waals surface area contributed by atoms with Gasteiger partial charge in [-0.2, -0.15) is 5.10 Å². The quantitative estimate of drug-likeness (QED) is 0.814.